The van der Waals surface area contributed by atoms with E-state index in [2.05, 4.69) is 0 Å². The Morgan fingerprint density at radius 1 is 0.625 bits per heavy atom. The molecule has 0 N–H and O–H groups in total. The standard InChI is InChI=1S/Be.F6Si/c;1-7(2,3,4,5)6/q+2;-2. The van der Waals surface area contributed by atoms with Gasteiger partial charge in [0.15, 0.2) is 0 Å². The van der Waals surface area contributed by atoms with Crippen LogP contribution in [-0.2, 0) is 0 Å². The number of hydrogen-bond donors (Lipinski definition) is 0. The van der Waals surface area contributed by atoms with Crippen molar-refractivity contribution in [2.24, 2.45) is 0 Å². The molecule has 0 unspecified atom stereocenters. The van der Waals surface area contributed by atoms with Crippen molar-refractivity contribution in [1.82, 2.24) is 0 Å². The SMILES string of the molecule is F[Si-2](F)(F)(F)(F)F.[Be+2]. The normalized spacial score (nSPS) is 20.2. The Hall–Kier alpha value is -0.0343. The van der Waals surface area contributed by atoms with Crippen LogP contribution in [-0.4, -0.2) is 18.8 Å². The Kier molecular flexibility index (Phi) is 1.50. The van der Waals surface area contributed by atoms with Crippen LogP contribution in [0.1, 0.15) is 0 Å². The molecule has 48 valence electrons. The molecule has 0 radical (unpaired) electrons. The molecule has 8 heteroatoms. The van der Waals surface area contributed by atoms with Crippen molar-refractivity contribution < 1.29 is 24.6 Å². The average molecular weight is 151 g/mol. The largest absolute Gasteiger partial charge is 2.00 e. The third-order valence-corrected chi connectivity index (χ3v) is 0. The van der Waals surface area contributed by atoms with Gasteiger partial charge in [0.25, 0.3) is 0 Å². The second kappa shape index (κ2) is 1.11. The summed E-state index contributed by atoms with van der Waals surface area (Å²) in [6.07, 6.45) is 0. The van der Waals surface area contributed by atoms with Gasteiger partial charge in [-0.25, -0.2) is 0 Å². The maximum atomic E-state index is 9.88. The van der Waals surface area contributed by atoms with Crippen LogP contribution in [0.2, 0.25) is 0 Å². The van der Waals surface area contributed by atoms with E-state index in [0.717, 1.165) is 0 Å². The van der Waals surface area contributed by atoms with E-state index in [-0.39, 0.29) is 10.1 Å². The Balaban J connectivity index is 0. The van der Waals surface area contributed by atoms with E-state index in [4.69, 9.17) is 0 Å². The van der Waals surface area contributed by atoms with Gasteiger partial charge >= 0.3 is 43.4 Å². The third kappa shape index (κ3) is 125000. The molecule has 0 fully saturated rings. The Labute approximate surface area is 44.6 Å². The summed E-state index contributed by atoms with van der Waals surface area (Å²) in [7, 11) is -10.8. The van der Waals surface area contributed by atoms with E-state index in [9.17, 15) is 24.6 Å². The van der Waals surface area contributed by atoms with Crippen molar-refractivity contribution >= 4 is 18.8 Å². The zero-order valence-electron chi connectivity index (χ0n) is 3.47. The number of halogens is 6. The Morgan fingerprint density at radius 3 is 0.625 bits per heavy atom. The Bertz CT molecular complexity index is 67.1. The molecule has 0 amide bonds. The van der Waals surface area contributed by atoms with E-state index in [0.29, 0.717) is 0 Å². The molecule has 0 saturated heterocycles. The van der Waals surface area contributed by atoms with Gasteiger partial charge in [0.2, 0.25) is 0 Å². The minimum atomic E-state index is -10.8. The monoisotopic (exact) mass is 151 g/mol. The summed E-state index contributed by atoms with van der Waals surface area (Å²) in [6.45, 7) is 0. The van der Waals surface area contributed by atoms with Crippen LogP contribution in [0, 0.1) is 0 Å². The summed E-state index contributed by atoms with van der Waals surface area (Å²) in [5.74, 6) is 0. The molecule has 0 rings (SSSR count). The minimum Gasteiger partial charge on any atom is 2.00 e. The quantitative estimate of drug-likeness (QED) is 0.281. The van der Waals surface area contributed by atoms with Gasteiger partial charge in [0.05, 0.1) is 0 Å². The predicted molar refractivity (Wildman–Crippen MR) is 18.2 cm³/mol. The molecule has 0 aromatic carbocycles. The molecule has 0 heterocycles. The first kappa shape index (κ1) is 10.9. The van der Waals surface area contributed by atoms with Crippen LogP contribution in [0.5, 0.6) is 0 Å². The van der Waals surface area contributed by atoms with E-state index in [1.54, 1.807) is 0 Å². The van der Waals surface area contributed by atoms with E-state index < -0.39 is 8.63 Å². The second-order valence-corrected chi connectivity index (χ2v) is 3.21. The number of rotatable bonds is 0. The molecule has 0 aromatic rings. The van der Waals surface area contributed by atoms with Crippen LogP contribution in [0.25, 0.3) is 0 Å². The van der Waals surface area contributed by atoms with Crippen LogP contribution in [0.15, 0.2) is 0 Å². The average Bonchev–Trinajstić information content (AvgIpc) is 0.592. The molecule has 0 aliphatic carbocycles. The van der Waals surface area contributed by atoms with Crippen LogP contribution in [0.3, 0.4) is 0 Å². The van der Waals surface area contributed by atoms with Gasteiger partial charge in [-0.1, -0.05) is 0 Å². The first-order valence-corrected chi connectivity index (χ1v) is 3.40. The zero-order chi connectivity index (χ0) is 6.41. The fourth-order valence-corrected chi connectivity index (χ4v) is 0. The maximum absolute atomic E-state index is 10.8. The van der Waals surface area contributed by atoms with E-state index in [1.165, 1.54) is 0 Å². The molecule has 0 bridgehead atoms. The molecule has 0 saturated carbocycles. The van der Waals surface area contributed by atoms with Gasteiger partial charge in [-0.2, -0.15) is 0 Å². The van der Waals surface area contributed by atoms with Crippen LogP contribution < -0.4 is 0 Å². The van der Waals surface area contributed by atoms with Gasteiger partial charge in [-0.3, -0.25) is 0 Å². The zero-order valence-corrected chi connectivity index (χ0v) is 4.47. The third-order valence-electron chi connectivity index (χ3n) is 0. The Morgan fingerprint density at radius 2 is 0.625 bits per heavy atom. The molecule has 0 spiro atoms. The van der Waals surface area contributed by atoms with Crippen molar-refractivity contribution in [2.75, 3.05) is 0 Å². The van der Waals surface area contributed by atoms with Crippen molar-refractivity contribution in [1.29, 1.82) is 0 Å². The van der Waals surface area contributed by atoms with Gasteiger partial charge < -0.3 is 0 Å². The fraction of sp³-hybridized carbons (Fsp3) is 0. The smallest absolute Gasteiger partial charge is 2.00 e. The van der Waals surface area contributed by atoms with Gasteiger partial charge in [0, 0.05) is 0 Å². The topological polar surface area (TPSA) is 0 Å². The van der Waals surface area contributed by atoms with Gasteiger partial charge in [0.1, 0.15) is 0 Å². The summed E-state index contributed by atoms with van der Waals surface area (Å²) in [4.78, 5) is 0. The predicted octanol–water partition coefficient (Wildman–Crippen LogP) is 1.76. The molecular weight excluding hydrogens is 151 g/mol. The van der Waals surface area contributed by atoms with Gasteiger partial charge in [-0.15, -0.1) is 0 Å². The van der Waals surface area contributed by atoms with Crippen molar-refractivity contribution in [2.45, 2.75) is 0 Å². The molecule has 0 nitrogen and oxygen atoms in total. The second-order valence-electron chi connectivity index (χ2n) is 1.07. The summed E-state index contributed by atoms with van der Waals surface area (Å²) >= 11 is 0. The van der Waals surface area contributed by atoms with Crippen LogP contribution in [0.4, 0.5) is 24.6 Å². The van der Waals surface area contributed by atoms with Crippen molar-refractivity contribution in [3.63, 3.8) is 0 Å². The first-order chi connectivity index (χ1) is 2.45. The van der Waals surface area contributed by atoms with Crippen molar-refractivity contribution in [3.8, 4) is 0 Å². The molecular formula is BeF6Si. The maximum Gasteiger partial charge on any atom is 2.00 e. The number of hydrogen-bond acceptors (Lipinski definition) is 0. The summed E-state index contributed by atoms with van der Waals surface area (Å²) in [5, 5.41) is 0. The molecule has 0 aliphatic heterocycles. The van der Waals surface area contributed by atoms with E-state index >= 15 is 0 Å². The summed E-state index contributed by atoms with van der Waals surface area (Å²) in [5.41, 5.74) is 0. The molecule has 8 heavy (non-hydrogen) atoms. The minimum absolute atomic E-state index is 0. The summed E-state index contributed by atoms with van der Waals surface area (Å²) in [6, 6.07) is 0. The van der Waals surface area contributed by atoms with E-state index in [1.807, 2.05) is 0 Å². The first-order valence-electron chi connectivity index (χ1n) is 1.13. The summed E-state index contributed by atoms with van der Waals surface area (Å²) < 4.78 is 59.3. The van der Waals surface area contributed by atoms with Crippen LogP contribution >= 0.6 is 0 Å². The molecule has 0 atom stereocenters. The molecule has 0 aromatic heterocycles. The van der Waals surface area contributed by atoms with Crippen molar-refractivity contribution in [3.05, 3.63) is 0 Å². The molecule has 0 aliphatic rings. The fourth-order valence-electron chi connectivity index (χ4n) is 0. The van der Waals surface area contributed by atoms with Gasteiger partial charge in [-0.05, 0) is 0 Å².